The Bertz CT molecular complexity index is 221. The average Bonchev–Trinajstić information content (AvgIpc) is 2.17. The minimum Gasteiger partial charge on any atom is -1.00 e. The normalized spacial score (nSPS) is 10.3. The molecular formula is C9H18MgO5. The molecular weight excluding hydrogens is 212 g/mol. The minimum atomic E-state index is -1.48. The van der Waals surface area contributed by atoms with Gasteiger partial charge < -0.3 is 7.96 Å². The molecule has 6 heteroatoms. The molecule has 0 atom stereocenters. The topological polar surface area (TPSA) is 72.8 Å². The average molecular weight is 231 g/mol. The summed E-state index contributed by atoms with van der Waals surface area (Å²) in [6.45, 7) is 5.11. The van der Waals surface area contributed by atoms with Crippen molar-refractivity contribution in [2.45, 2.75) is 33.6 Å². The molecule has 0 radical (unpaired) electrons. The summed E-state index contributed by atoms with van der Waals surface area (Å²) in [5.74, 6) is -2.01. The summed E-state index contributed by atoms with van der Waals surface area (Å²) < 4.78 is 0. The molecule has 0 unspecified atom stereocenters. The molecule has 0 rings (SSSR count). The van der Waals surface area contributed by atoms with Gasteiger partial charge >= 0.3 is 35.0 Å². The van der Waals surface area contributed by atoms with Gasteiger partial charge in [-0.05, 0) is 19.8 Å². The van der Waals surface area contributed by atoms with Crippen LogP contribution in [0.4, 0.5) is 0 Å². The molecule has 0 aromatic heterocycles. The van der Waals surface area contributed by atoms with Gasteiger partial charge in [0.05, 0.1) is 6.61 Å². The first kappa shape index (κ1) is 17.1. The van der Waals surface area contributed by atoms with Crippen molar-refractivity contribution < 1.29 is 27.3 Å². The van der Waals surface area contributed by atoms with Crippen LogP contribution in [0.25, 0.3) is 0 Å². The van der Waals surface area contributed by atoms with Crippen molar-refractivity contribution in [1.82, 2.24) is 0 Å². The van der Waals surface area contributed by atoms with E-state index in [-0.39, 0.29) is 45.4 Å². The SMILES string of the molecule is CCOOC(=O)C(CC)(CC)C(=O)O.[H-].[H-].[Mg+2]. The number of carbonyl (C=O) groups is 2. The van der Waals surface area contributed by atoms with E-state index >= 15 is 0 Å². The fourth-order valence-corrected chi connectivity index (χ4v) is 1.12. The number of carbonyl (C=O) groups excluding carboxylic acids is 1. The molecule has 0 heterocycles. The van der Waals surface area contributed by atoms with Gasteiger partial charge in [-0.25, -0.2) is 4.79 Å². The Balaban J connectivity index is -0.000000282. The molecule has 0 aliphatic heterocycles. The maximum atomic E-state index is 11.4. The first-order chi connectivity index (χ1) is 6.55. The summed E-state index contributed by atoms with van der Waals surface area (Å²) in [7, 11) is 0. The Morgan fingerprint density at radius 3 is 2.00 bits per heavy atom. The van der Waals surface area contributed by atoms with Crippen LogP contribution in [-0.2, 0) is 19.4 Å². The Labute approximate surface area is 108 Å². The zero-order valence-corrected chi connectivity index (χ0v) is 10.8. The predicted octanol–water partition coefficient (Wildman–Crippen LogP) is 1.22. The zero-order chi connectivity index (χ0) is 11.2. The number of hydrogen-bond donors (Lipinski definition) is 1. The summed E-state index contributed by atoms with van der Waals surface area (Å²) in [6, 6.07) is 0. The summed E-state index contributed by atoms with van der Waals surface area (Å²) in [6.07, 6.45) is 0.371. The molecule has 0 saturated carbocycles. The first-order valence-corrected chi connectivity index (χ1v) is 4.62. The smallest absolute Gasteiger partial charge is 1.00 e. The fraction of sp³-hybridized carbons (Fsp3) is 0.778. The van der Waals surface area contributed by atoms with E-state index in [0.29, 0.717) is 0 Å². The second-order valence-electron chi connectivity index (χ2n) is 2.87. The van der Waals surface area contributed by atoms with E-state index in [1.54, 1.807) is 20.8 Å². The Hall–Kier alpha value is -0.334. The molecule has 0 fully saturated rings. The minimum absolute atomic E-state index is 0. The number of rotatable bonds is 6. The first-order valence-electron chi connectivity index (χ1n) is 4.62. The van der Waals surface area contributed by atoms with Crippen LogP contribution in [0.2, 0.25) is 0 Å². The maximum absolute atomic E-state index is 11.4. The number of aliphatic carboxylic acids is 1. The van der Waals surface area contributed by atoms with E-state index < -0.39 is 17.4 Å². The van der Waals surface area contributed by atoms with Gasteiger partial charge in [0.25, 0.3) is 0 Å². The largest absolute Gasteiger partial charge is 2.00 e. The van der Waals surface area contributed by atoms with E-state index in [9.17, 15) is 9.59 Å². The van der Waals surface area contributed by atoms with Crippen molar-refractivity contribution in [3.63, 3.8) is 0 Å². The maximum Gasteiger partial charge on any atom is 2.00 e. The van der Waals surface area contributed by atoms with Crippen LogP contribution in [0, 0.1) is 5.41 Å². The molecule has 5 nitrogen and oxygen atoms in total. The van der Waals surface area contributed by atoms with Crippen LogP contribution >= 0.6 is 0 Å². The van der Waals surface area contributed by atoms with Crippen molar-refractivity contribution in [2.24, 2.45) is 5.41 Å². The molecule has 0 aromatic rings. The molecule has 0 bridgehead atoms. The number of carboxylic acids is 1. The molecule has 0 aliphatic rings. The van der Waals surface area contributed by atoms with Crippen LogP contribution in [0.3, 0.4) is 0 Å². The van der Waals surface area contributed by atoms with E-state index in [1.165, 1.54) is 0 Å². The van der Waals surface area contributed by atoms with Gasteiger partial charge in [0, 0.05) is 0 Å². The predicted molar refractivity (Wildman–Crippen MR) is 56.3 cm³/mol. The van der Waals surface area contributed by atoms with Gasteiger partial charge in [-0.1, -0.05) is 13.8 Å². The molecule has 0 spiro atoms. The van der Waals surface area contributed by atoms with Gasteiger partial charge in [-0.2, -0.15) is 4.89 Å². The molecule has 86 valence electrons. The van der Waals surface area contributed by atoms with E-state index in [0.717, 1.165) is 0 Å². The molecule has 0 aliphatic carbocycles. The van der Waals surface area contributed by atoms with Crippen LogP contribution < -0.4 is 0 Å². The van der Waals surface area contributed by atoms with Gasteiger partial charge in [0.1, 0.15) is 0 Å². The summed E-state index contributed by atoms with van der Waals surface area (Å²) in [4.78, 5) is 31.2. The third-order valence-corrected chi connectivity index (χ3v) is 2.26. The molecule has 0 aromatic carbocycles. The summed E-state index contributed by atoms with van der Waals surface area (Å²) >= 11 is 0. The van der Waals surface area contributed by atoms with Crippen LogP contribution in [-0.4, -0.2) is 46.7 Å². The van der Waals surface area contributed by atoms with E-state index in [1.807, 2.05) is 0 Å². The molecule has 15 heavy (non-hydrogen) atoms. The number of carboxylic acid groups (broad SMARTS) is 1. The Morgan fingerprint density at radius 2 is 1.73 bits per heavy atom. The van der Waals surface area contributed by atoms with Crippen LogP contribution in [0.1, 0.15) is 36.5 Å². The second-order valence-corrected chi connectivity index (χ2v) is 2.87. The molecule has 0 amide bonds. The van der Waals surface area contributed by atoms with Gasteiger partial charge in [0.2, 0.25) is 0 Å². The third kappa shape index (κ3) is 3.96. The number of hydrogen-bond acceptors (Lipinski definition) is 4. The van der Waals surface area contributed by atoms with E-state index in [4.69, 9.17) is 5.11 Å². The van der Waals surface area contributed by atoms with Crippen molar-refractivity contribution in [1.29, 1.82) is 0 Å². The fourth-order valence-electron chi connectivity index (χ4n) is 1.12. The summed E-state index contributed by atoms with van der Waals surface area (Å²) in [5, 5.41) is 8.94. The molecule has 0 saturated heterocycles. The Morgan fingerprint density at radius 1 is 1.27 bits per heavy atom. The zero-order valence-electron chi connectivity index (χ0n) is 11.4. The quantitative estimate of drug-likeness (QED) is 0.321. The van der Waals surface area contributed by atoms with E-state index in [2.05, 4.69) is 9.78 Å². The molecule has 1 N–H and O–H groups in total. The van der Waals surface area contributed by atoms with Crippen LogP contribution in [0.15, 0.2) is 0 Å². The van der Waals surface area contributed by atoms with Crippen LogP contribution in [0.5, 0.6) is 0 Å². The van der Waals surface area contributed by atoms with Gasteiger partial charge in [0.15, 0.2) is 5.41 Å². The van der Waals surface area contributed by atoms with Crippen molar-refractivity contribution >= 4 is 35.0 Å². The van der Waals surface area contributed by atoms with Crippen molar-refractivity contribution in [3.05, 3.63) is 0 Å². The van der Waals surface area contributed by atoms with Gasteiger partial charge in [-0.3, -0.25) is 9.68 Å². The summed E-state index contributed by atoms with van der Waals surface area (Å²) in [5.41, 5.74) is -1.48. The van der Waals surface area contributed by atoms with Crippen molar-refractivity contribution in [2.75, 3.05) is 6.61 Å². The van der Waals surface area contributed by atoms with Crippen molar-refractivity contribution in [3.8, 4) is 0 Å². The Kier molecular flexibility index (Phi) is 8.98. The monoisotopic (exact) mass is 230 g/mol. The van der Waals surface area contributed by atoms with Gasteiger partial charge in [-0.15, -0.1) is 0 Å². The standard InChI is InChI=1S/C9H16O5.Mg.2H/c1-4-9(5-2,7(10)11)8(12)14-13-6-3;;;/h4-6H2,1-3H3,(H,10,11);;;/q;+2;2*-1. The second kappa shape index (κ2) is 7.89. The third-order valence-electron chi connectivity index (χ3n) is 2.26.